The Balaban J connectivity index is 2.69. The van der Waals surface area contributed by atoms with E-state index in [0.717, 1.165) is 25.1 Å². The van der Waals surface area contributed by atoms with Crippen LogP contribution < -0.4 is 0 Å². The fraction of sp³-hybridized carbons (Fsp3) is 0.684. The maximum absolute atomic E-state index is 10.5. The minimum atomic E-state index is -0.392. The topological polar surface area (TPSA) is 23.5 Å². The average molecular weight is 291 g/mol. The van der Waals surface area contributed by atoms with E-state index in [1.165, 1.54) is 18.4 Å². The molecule has 2 heteroatoms. The highest BCUT2D eigenvalue weighted by atomic mass is 16.3. The maximum Gasteiger partial charge on any atom is 0.0917 e. The van der Waals surface area contributed by atoms with Crippen LogP contribution in [-0.2, 0) is 0 Å². The summed E-state index contributed by atoms with van der Waals surface area (Å²) in [5.74, 6) is 0.539. The molecule has 0 aromatic heterocycles. The number of hydrogen-bond acceptors (Lipinski definition) is 2. The van der Waals surface area contributed by atoms with E-state index in [4.69, 9.17) is 0 Å². The van der Waals surface area contributed by atoms with Gasteiger partial charge in [0.1, 0.15) is 0 Å². The van der Waals surface area contributed by atoms with Crippen molar-refractivity contribution in [1.29, 1.82) is 0 Å². The molecule has 0 aliphatic heterocycles. The summed E-state index contributed by atoms with van der Waals surface area (Å²) in [5.41, 5.74) is 2.36. The van der Waals surface area contributed by atoms with Crippen LogP contribution in [0.3, 0.4) is 0 Å². The molecule has 2 nitrogen and oxygen atoms in total. The molecule has 0 aliphatic rings. The minimum absolute atomic E-state index is 0.392. The van der Waals surface area contributed by atoms with Crippen molar-refractivity contribution < 1.29 is 5.11 Å². The Labute approximate surface area is 131 Å². The molecule has 0 bridgehead atoms. The maximum atomic E-state index is 10.5. The Kier molecular flexibility index (Phi) is 7.98. The highest BCUT2D eigenvalue weighted by molar-refractivity contribution is 5.26. The number of hydrogen-bond donors (Lipinski definition) is 1. The predicted molar refractivity (Wildman–Crippen MR) is 91.7 cm³/mol. The first-order valence-corrected chi connectivity index (χ1v) is 8.51. The second-order valence-corrected chi connectivity index (χ2v) is 6.44. The Bertz CT molecular complexity index is 385. The molecule has 2 unspecified atom stereocenters. The normalized spacial score (nSPS) is 14.7. The third-order valence-electron chi connectivity index (χ3n) is 4.41. The van der Waals surface area contributed by atoms with Crippen molar-refractivity contribution in [3.63, 3.8) is 0 Å². The molecule has 0 spiro atoms. The standard InChI is InChI=1S/C19H33NO/c1-6-8-13-20(16(5)7-2)14-19(21)18-11-9-17(10-12-18)15(3)4/h9-12,15-16,19,21H,6-8,13-14H2,1-5H3. The SMILES string of the molecule is CCCCN(CC(O)c1ccc(C(C)C)cc1)C(C)CC. The lowest BCUT2D eigenvalue weighted by molar-refractivity contribution is 0.0887. The Morgan fingerprint density at radius 3 is 2.05 bits per heavy atom. The molecule has 1 aromatic carbocycles. The Morgan fingerprint density at radius 1 is 1.00 bits per heavy atom. The van der Waals surface area contributed by atoms with Gasteiger partial charge in [-0.1, -0.05) is 58.4 Å². The quantitative estimate of drug-likeness (QED) is 0.710. The zero-order valence-electron chi connectivity index (χ0n) is 14.5. The molecule has 0 saturated heterocycles. The number of unbranched alkanes of at least 4 members (excludes halogenated alkanes) is 1. The van der Waals surface area contributed by atoms with Crippen molar-refractivity contribution in [1.82, 2.24) is 4.90 Å². The molecule has 2 atom stereocenters. The van der Waals surface area contributed by atoms with Crippen LogP contribution in [0.5, 0.6) is 0 Å². The smallest absolute Gasteiger partial charge is 0.0917 e. The van der Waals surface area contributed by atoms with Crippen LogP contribution in [-0.4, -0.2) is 29.1 Å². The lowest BCUT2D eigenvalue weighted by Gasteiger charge is -2.30. The average Bonchev–Trinajstić information content (AvgIpc) is 2.50. The predicted octanol–water partition coefficient (Wildman–Crippen LogP) is 4.74. The summed E-state index contributed by atoms with van der Waals surface area (Å²) in [6.45, 7) is 12.9. The lowest BCUT2D eigenvalue weighted by Crippen LogP contribution is -2.37. The first-order valence-electron chi connectivity index (χ1n) is 8.51. The zero-order chi connectivity index (χ0) is 15.8. The van der Waals surface area contributed by atoms with E-state index >= 15 is 0 Å². The molecule has 1 N–H and O–H groups in total. The van der Waals surface area contributed by atoms with Gasteiger partial charge in [-0.15, -0.1) is 0 Å². The number of nitrogens with zero attached hydrogens (tertiary/aromatic N) is 1. The molecule has 0 saturated carbocycles. The van der Waals surface area contributed by atoms with Gasteiger partial charge in [0.15, 0.2) is 0 Å². The molecule has 120 valence electrons. The summed E-state index contributed by atoms with van der Waals surface area (Å²) >= 11 is 0. The van der Waals surface area contributed by atoms with E-state index in [1.54, 1.807) is 0 Å². The second kappa shape index (κ2) is 9.22. The largest absolute Gasteiger partial charge is 0.387 e. The first-order chi connectivity index (χ1) is 9.99. The van der Waals surface area contributed by atoms with Crippen LogP contribution in [0.15, 0.2) is 24.3 Å². The minimum Gasteiger partial charge on any atom is -0.387 e. The molecule has 0 amide bonds. The van der Waals surface area contributed by atoms with E-state index in [1.807, 2.05) is 0 Å². The number of rotatable bonds is 9. The fourth-order valence-corrected chi connectivity index (χ4v) is 2.54. The summed E-state index contributed by atoms with van der Waals surface area (Å²) in [6, 6.07) is 8.97. The van der Waals surface area contributed by atoms with Gasteiger partial charge in [0.25, 0.3) is 0 Å². The van der Waals surface area contributed by atoms with E-state index in [0.29, 0.717) is 12.0 Å². The van der Waals surface area contributed by atoms with Gasteiger partial charge in [-0.3, -0.25) is 4.90 Å². The molecule has 21 heavy (non-hydrogen) atoms. The molecular weight excluding hydrogens is 258 g/mol. The van der Waals surface area contributed by atoms with Gasteiger partial charge in [-0.05, 0) is 43.4 Å². The van der Waals surface area contributed by atoms with E-state index < -0.39 is 6.10 Å². The molecule has 0 heterocycles. The molecular formula is C19H33NO. The van der Waals surface area contributed by atoms with Gasteiger partial charge in [0.05, 0.1) is 6.10 Å². The molecule has 1 rings (SSSR count). The summed E-state index contributed by atoms with van der Waals surface area (Å²) in [7, 11) is 0. The van der Waals surface area contributed by atoms with Crippen molar-refractivity contribution in [3.8, 4) is 0 Å². The number of aliphatic hydroxyl groups is 1. The Morgan fingerprint density at radius 2 is 1.57 bits per heavy atom. The van der Waals surface area contributed by atoms with Crippen LogP contribution in [0.1, 0.15) is 77.0 Å². The fourth-order valence-electron chi connectivity index (χ4n) is 2.54. The molecule has 0 aliphatic carbocycles. The third-order valence-corrected chi connectivity index (χ3v) is 4.41. The molecule has 1 aromatic rings. The van der Waals surface area contributed by atoms with Crippen LogP contribution >= 0.6 is 0 Å². The molecule has 0 radical (unpaired) electrons. The van der Waals surface area contributed by atoms with Gasteiger partial charge < -0.3 is 5.11 Å². The van der Waals surface area contributed by atoms with E-state index in [-0.39, 0.29) is 0 Å². The third kappa shape index (κ3) is 5.80. The van der Waals surface area contributed by atoms with Crippen molar-refractivity contribution in [2.75, 3.05) is 13.1 Å². The van der Waals surface area contributed by atoms with Crippen molar-refractivity contribution in [2.24, 2.45) is 0 Å². The van der Waals surface area contributed by atoms with Gasteiger partial charge >= 0.3 is 0 Å². The van der Waals surface area contributed by atoms with Crippen LogP contribution in [0, 0.1) is 0 Å². The van der Waals surface area contributed by atoms with Crippen molar-refractivity contribution in [2.45, 2.75) is 71.9 Å². The summed E-state index contributed by atoms with van der Waals surface area (Å²) in [5, 5.41) is 10.5. The summed E-state index contributed by atoms with van der Waals surface area (Å²) in [4.78, 5) is 2.42. The van der Waals surface area contributed by atoms with Gasteiger partial charge in [-0.25, -0.2) is 0 Å². The Hall–Kier alpha value is -0.860. The van der Waals surface area contributed by atoms with Crippen LogP contribution in [0.2, 0.25) is 0 Å². The van der Waals surface area contributed by atoms with Gasteiger partial charge in [0.2, 0.25) is 0 Å². The van der Waals surface area contributed by atoms with Crippen molar-refractivity contribution >= 4 is 0 Å². The first kappa shape index (κ1) is 18.2. The number of aliphatic hydroxyl groups excluding tert-OH is 1. The van der Waals surface area contributed by atoms with Crippen LogP contribution in [0.4, 0.5) is 0 Å². The summed E-state index contributed by atoms with van der Waals surface area (Å²) in [6.07, 6.45) is 3.13. The van der Waals surface area contributed by atoms with E-state index in [2.05, 4.69) is 63.8 Å². The second-order valence-electron chi connectivity index (χ2n) is 6.44. The summed E-state index contributed by atoms with van der Waals surface area (Å²) < 4.78 is 0. The highest BCUT2D eigenvalue weighted by Crippen LogP contribution is 2.20. The van der Waals surface area contributed by atoms with Gasteiger partial charge in [-0.2, -0.15) is 0 Å². The van der Waals surface area contributed by atoms with Crippen molar-refractivity contribution in [3.05, 3.63) is 35.4 Å². The number of benzene rings is 1. The van der Waals surface area contributed by atoms with Gasteiger partial charge in [0, 0.05) is 12.6 Å². The lowest BCUT2D eigenvalue weighted by atomic mass is 9.99. The zero-order valence-corrected chi connectivity index (χ0v) is 14.5. The van der Waals surface area contributed by atoms with E-state index in [9.17, 15) is 5.11 Å². The highest BCUT2D eigenvalue weighted by Gasteiger charge is 2.17. The monoisotopic (exact) mass is 291 g/mol. The van der Waals surface area contributed by atoms with Crippen LogP contribution in [0.25, 0.3) is 0 Å². The molecule has 0 fully saturated rings.